The summed E-state index contributed by atoms with van der Waals surface area (Å²) < 4.78 is 34.8. The van der Waals surface area contributed by atoms with Crippen molar-refractivity contribution in [1.82, 2.24) is 64.7 Å². The van der Waals surface area contributed by atoms with Crippen LogP contribution < -0.4 is 33.0 Å². The maximum Gasteiger partial charge on any atom is 0.279 e. The number of ether oxygens (including phenoxy) is 5. The van der Waals surface area contributed by atoms with Gasteiger partial charge in [0.2, 0.25) is 0 Å². The van der Waals surface area contributed by atoms with E-state index in [9.17, 15) is 39.9 Å². The van der Waals surface area contributed by atoms with Crippen molar-refractivity contribution in [3.05, 3.63) is 115 Å². The zero-order valence-electron chi connectivity index (χ0n) is 72.0. The summed E-state index contributed by atoms with van der Waals surface area (Å²) >= 11 is 0. The van der Waals surface area contributed by atoms with E-state index >= 15 is 0 Å². The fourth-order valence-corrected chi connectivity index (χ4v) is 19.1. The number of nitrogens with zero attached hydrogens (tertiary/aromatic N) is 9. The van der Waals surface area contributed by atoms with Gasteiger partial charge in [-0.15, -0.1) is 0 Å². The molecule has 11 unspecified atom stereocenters. The van der Waals surface area contributed by atoms with Crippen LogP contribution in [0.3, 0.4) is 0 Å². The zero-order chi connectivity index (χ0) is 82.4. The number of pyridine rings is 1. The van der Waals surface area contributed by atoms with E-state index in [1.54, 1.807) is 51.2 Å². The Morgan fingerprint density at radius 3 is 1.15 bits per heavy atom. The van der Waals surface area contributed by atoms with Gasteiger partial charge in [-0.1, -0.05) is 158 Å². The van der Waals surface area contributed by atoms with E-state index in [0.717, 1.165) is 11.5 Å². The summed E-state index contributed by atoms with van der Waals surface area (Å²) in [5, 5.41) is 57.2. The predicted molar refractivity (Wildman–Crippen MR) is 430 cm³/mol. The van der Waals surface area contributed by atoms with Crippen LogP contribution in [0.2, 0.25) is 0 Å². The van der Waals surface area contributed by atoms with Crippen molar-refractivity contribution in [2.24, 2.45) is 124 Å². The number of aliphatic hydroxyl groups is 5. The van der Waals surface area contributed by atoms with Crippen molar-refractivity contribution >= 4 is 39.8 Å². The maximum absolute atomic E-state index is 12.1. The van der Waals surface area contributed by atoms with E-state index in [0.29, 0.717) is 122 Å². The smallest absolute Gasteiger partial charge is 0.279 e. The number of fused-ring (bicyclic) bond motifs is 2. The van der Waals surface area contributed by atoms with Gasteiger partial charge < -0.3 is 96.3 Å². The van der Waals surface area contributed by atoms with Gasteiger partial charge in [0.25, 0.3) is 17.4 Å². The average molecular weight is 2470 g/mol. The number of aromatic nitrogens is 7. The zero-order valence-corrected chi connectivity index (χ0v) is 86.6. The van der Waals surface area contributed by atoms with Gasteiger partial charge in [-0.05, 0) is 115 Å². The van der Waals surface area contributed by atoms with Crippen molar-refractivity contribution in [2.45, 2.75) is 220 Å². The first-order valence-corrected chi connectivity index (χ1v) is 40.2. The fourth-order valence-electron chi connectivity index (χ4n) is 19.1. The van der Waals surface area contributed by atoms with Gasteiger partial charge in [-0.25, -0.2) is 19.9 Å². The van der Waals surface area contributed by atoms with Crippen molar-refractivity contribution in [3.63, 3.8) is 0 Å². The molecule has 13 N–H and O–H groups in total. The van der Waals surface area contributed by atoms with E-state index in [-0.39, 0.29) is 265 Å². The fraction of sp³-hybridized carbons (Fsp3) is 0.699. The van der Waals surface area contributed by atoms with Gasteiger partial charge in [0.1, 0.15) is 59.9 Å². The van der Waals surface area contributed by atoms with E-state index in [1.165, 1.54) is 6.08 Å². The van der Waals surface area contributed by atoms with Crippen molar-refractivity contribution < 1.29 is 164 Å². The van der Waals surface area contributed by atoms with E-state index in [4.69, 9.17) is 35.2 Å². The molecule has 0 saturated carbocycles. The second-order valence-electron chi connectivity index (χ2n) is 34.8. The molecule has 5 fully saturated rings. The number of aliphatic hydroxyl groups excluding tert-OH is 5. The number of carbonyl (C=O) groups is 2. The molecule has 0 aromatic carbocycles. The summed E-state index contributed by atoms with van der Waals surface area (Å²) in [5.41, 5.74) is 15.1. The Balaban J connectivity index is 0.000000371. The van der Waals surface area contributed by atoms with Gasteiger partial charge in [0.05, 0.1) is 88.1 Å². The molecule has 2 amide bonds. The molecule has 33 heteroatoms. The molecule has 12 rings (SSSR count). The Kier molecular flexibility index (Phi) is 42.9. The summed E-state index contributed by atoms with van der Waals surface area (Å²) in [6.45, 7) is 59.2. The number of H-pyrrole nitrogens is 1. The van der Waals surface area contributed by atoms with E-state index in [1.807, 2.05) is 36.1 Å². The number of hydrogen-bond acceptors (Lipinski definition) is 23. The Labute approximate surface area is 759 Å². The van der Waals surface area contributed by atoms with Gasteiger partial charge in [0, 0.05) is 171 Å². The monoisotopic (exact) mass is 2470 g/mol. The summed E-state index contributed by atoms with van der Waals surface area (Å²) in [5.74, 6) is 8.94. The number of amides is 2. The number of aromatic amines is 1. The Hall–Kier alpha value is -3.65. The standard InChI is InChI=1S/C17H26N4O3.C17H26N4O2.C17H28N2O3.C16H29N3O2.C16H26N2O3.5W/c1-8(2)12-11(6-22)24-17(13(12)9(3)4)21-7-18-14-15(21)19-10(5)20-16(14)23;1-9(2)13-12(7-22)23-17(14(13)10(3)4)21-8-20-15-11(18)5-6-19-16(15)21;1-9(2)14-13(8-20)22-17(15(14)10(3)4)19-7-11(5)16(21)18-12(19)6;1-9(2)14-12(8-20)21-16(15(14)10(3)4)19-7-6-13(17)18-11(19)5;1-9(2)14-12(8-19)21-16(15(14)10(3)4)18-7-6-13(20)17-11(18)5;;;;;/h7-9,11-13,17,22H,6H2,1-5H3,(H,19,20,23);5-6,8-10,12-14,17,22H,7H2,1-4H3,(H2,18,19);7,9-10,13-15,17,20H,6,8H2,1-5H3,(H,18,21);6-7,9-10,12-16,18,20H,5,8,17H2,1-4H3;6-7,9-10,12,14-16,19H,5,8H2,1-4H3,(H,17,20);;;;;/t11-,12?,13?,17-;12-,13?,14?,17-;13-,14?,15?,17-;12-,13?,14?,15?,16-;12-,14?,15?,16-;;;;;/m11111...../s1. The summed E-state index contributed by atoms with van der Waals surface area (Å²) in [7, 11) is 0. The number of carbonyl (C=O) groups excluding carboxylic acids is 2. The first-order chi connectivity index (χ1) is 52.3. The van der Waals surface area contributed by atoms with Crippen LogP contribution in [0.5, 0.6) is 0 Å². The minimum Gasteiger partial charge on any atom is -0.397 e. The number of hydrogen-bond donors (Lipinski definition) is 11. The molecule has 116 heavy (non-hydrogen) atoms. The predicted octanol–water partition coefficient (Wildman–Crippen LogP) is 9.44. The third-order valence-electron chi connectivity index (χ3n) is 23.9. The molecule has 650 valence electrons. The number of aryl methyl sites for hydroxylation is 1. The molecule has 0 radical (unpaired) electrons. The summed E-state index contributed by atoms with van der Waals surface area (Å²) in [6.07, 6.45) is 11.8. The van der Waals surface area contributed by atoms with Gasteiger partial charge >= 0.3 is 0 Å². The quantitative estimate of drug-likeness (QED) is 0.0392. The number of nitrogen functional groups attached to an aromatic ring is 1. The molecule has 8 aliphatic rings. The van der Waals surface area contributed by atoms with Crippen LogP contribution in [0, 0.1) is 125 Å². The molecule has 4 aromatic rings. The molecular weight excluding hydrogens is 2330 g/mol. The Morgan fingerprint density at radius 2 is 0.784 bits per heavy atom. The molecule has 0 bridgehead atoms. The molecule has 8 aliphatic heterocycles. The van der Waals surface area contributed by atoms with Gasteiger partial charge in [0.15, 0.2) is 16.8 Å². The molecule has 28 nitrogen and oxygen atoms in total. The third kappa shape index (κ3) is 23.6. The molecule has 0 aliphatic carbocycles. The maximum atomic E-state index is 12.1. The topological polar surface area (TPSA) is 374 Å². The van der Waals surface area contributed by atoms with E-state index in [2.05, 4.69) is 199 Å². The van der Waals surface area contributed by atoms with Crippen LogP contribution in [0.15, 0.2) is 103 Å². The van der Waals surface area contributed by atoms with Gasteiger partial charge in [-0.3, -0.25) is 23.5 Å². The van der Waals surface area contributed by atoms with Crippen LogP contribution in [-0.4, -0.2) is 175 Å². The largest absolute Gasteiger partial charge is 0.397 e. The average Bonchev–Trinajstić information content (AvgIpc) is 1.62. The molecule has 4 aromatic heterocycles. The molecule has 0 spiro atoms. The molecule has 5 saturated heterocycles. The SMILES string of the molecule is C=C1NC(=O)C(C)=CN1[C@@H]1O[C@H](CO)C(C(C)C)C1C(C)C.C=C1NC(=O)C=CN1[C@@H]1O[C@H](CO)C(C(C)C)C1C(C)C.C=C1NC(N)C=CN1[C@@H]1O[C@H](CO)C(C(C)C)C1C(C)C.CC(C)C1C(C(C)C)[C@@H](CO)O[C@H]1n1cnc2c(N)ccnc21.Cc1nc2c(ncn2[C@@H]2O[C@H](CO)C(C(C)C)C2C(C)C)c(=O)[nH]1.[W].[W].[W].[W].[W]. The normalized spacial score (nSPS) is 30.2. The summed E-state index contributed by atoms with van der Waals surface area (Å²) in [6, 6.07) is 1.75. The van der Waals surface area contributed by atoms with Crippen LogP contribution in [0.1, 0.15) is 164 Å². The number of nitrogens with one attached hydrogen (secondary N) is 4. The molecule has 12 heterocycles. The Bertz CT molecular complexity index is 3970. The van der Waals surface area contributed by atoms with Crippen molar-refractivity contribution in [1.29, 1.82) is 0 Å². The van der Waals surface area contributed by atoms with Crippen LogP contribution in [0.25, 0.3) is 22.3 Å². The second kappa shape index (κ2) is 46.7. The first kappa shape index (κ1) is 107. The van der Waals surface area contributed by atoms with Gasteiger partial charge in [-0.2, -0.15) is 0 Å². The number of anilines is 1. The van der Waals surface area contributed by atoms with E-state index < -0.39 is 0 Å². The first-order valence-electron chi connectivity index (χ1n) is 40.2. The Morgan fingerprint density at radius 1 is 0.448 bits per heavy atom. The number of nitrogens with two attached hydrogens (primary N) is 2. The van der Waals surface area contributed by atoms with Crippen molar-refractivity contribution in [2.75, 3.05) is 38.8 Å². The number of rotatable bonds is 20. The molecule has 21 atom stereocenters. The minimum absolute atomic E-state index is 0. The molecular formula is C83H135N15O13W5. The number of imidazole rings is 2. The van der Waals surface area contributed by atoms with Crippen LogP contribution >= 0.6 is 0 Å². The van der Waals surface area contributed by atoms with Crippen LogP contribution in [0.4, 0.5) is 5.69 Å². The third-order valence-corrected chi connectivity index (χ3v) is 23.9. The minimum atomic E-state index is -0.284. The summed E-state index contributed by atoms with van der Waals surface area (Å²) in [4.78, 5) is 61.2. The van der Waals surface area contributed by atoms with Crippen LogP contribution in [-0.2, 0) is 139 Å². The van der Waals surface area contributed by atoms with Crippen molar-refractivity contribution in [3.8, 4) is 0 Å². The second-order valence-corrected chi connectivity index (χ2v) is 34.8.